The van der Waals surface area contributed by atoms with Gasteiger partial charge in [-0.15, -0.1) is 0 Å². The molecule has 2 N–H and O–H groups in total. The first kappa shape index (κ1) is 14.0. The summed E-state index contributed by atoms with van der Waals surface area (Å²) < 4.78 is 6.00. The van der Waals surface area contributed by atoms with Crippen molar-refractivity contribution in [3.05, 3.63) is 22.7 Å². The monoisotopic (exact) mass is 300 g/mol. The van der Waals surface area contributed by atoms with Crippen molar-refractivity contribution in [2.24, 2.45) is 0 Å². The molecule has 1 aromatic carbocycles. The van der Waals surface area contributed by atoms with E-state index < -0.39 is 0 Å². The molecular weight excluding hydrogens is 284 g/mol. The highest BCUT2D eigenvalue weighted by atomic mass is 79.9. The van der Waals surface area contributed by atoms with Gasteiger partial charge in [0.1, 0.15) is 5.75 Å². The van der Waals surface area contributed by atoms with Crippen molar-refractivity contribution < 1.29 is 9.53 Å². The third-order valence-corrected chi connectivity index (χ3v) is 2.68. The summed E-state index contributed by atoms with van der Waals surface area (Å²) in [5.74, 6) is 0.727. The van der Waals surface area contributed by atoms with E-state index in [-0.39, 0.29) is 5.91 Å². The third-order valence-electron chi connectivity index (χ3n) is 2.22. The normalized spacial score (nSPS) is 10.1. The number of amides is 1. The van der Waals surface area contributed by atoms with Crippen LogP contribution in [-0.4, -0.2) is 26.6 Å². The van der Waals surface area contributed by atoms with Crippen molar-refractivity contribution in [3.63, 3.8) is 0 Å². The van der Waals surface area contributed by atoms with Crippen LogP contribution in [0.3, 0.4) is 0 Å². The molecule has 0 aliphatic carbocycles. The Morgan fingerprint density at radius 3 is 2.82 bits per heavy atom. The summed E-state index contributed by atoms with van der Waals surface area (Å²) in [5.41, 5.74) is 0.741. The van der Waals surface area contributed by atoms with Crippen LogP contribution in [0.15, 0.2) is 22.7 Å². The number of carbonyl (C=O) groups excluding carboxylic acids is 1. The lowest BCUT2D eigenvalue weighted by atomic mass is 10.2. The van der Waals surface area contributed by atoms with E-state index in [9.17, 15) is 4.79 Å². The number of hydrogen-bond donors (Lipinski definition) is 2. The maximum absolute atomic E-state index is 11.6. The number of carbonyl (C=O) groups is 1. The summed E-state index contributed by atoms with van der Waals surface area (Å²) in [6.07, 6.45) is 1.34. The standard InChI is InChI=1S/C12H17BrN2O2/c1-14-5-3-4-12(16)15-10-6-9(13)7-11(8-10)17-2/h6-8,14H,3-5H2,1-2H3,(H,15,16). The molecule has 1 amide bonds. The van der Waals surface area contributed by atoms with Gasteiger partial charge in [-0.1, -0.05) is 15.9 Å². The van der Waals surface area contributed by atoms with Gasteiger partial charge in [0.15, 0.2) is 0 Å². The lowest BCUT2D eigenvalue weighted by molar-refractivity contribution is -0.116. The Morgan fingerprint density at radius 2 is 2.18 bits per heavy atom. The second-order valence-electron chi connectivity index (χ2n) is 3.64. The van der Waals surface area contributed by atoms with Crippen LogP contribution in [0.5, 0.6) is 5.75 Å². The van der Waals surface area contributed by atoms with E-state index in [0.29, 0.717) is 12.2 Å². The van der Waals surface area contributed by atoms with Gasteiger partial charge >= 0.3 is 0 Å². The molecule has 94 valence electrons. The third kappa shape index (κ3) is 5.19. The molecule has 0 heterocycles. The molecule has 17 heavy (non-hydrogen) atoms. The highest BCUT2D eigenvalue weighted by molar-refractivity contribution is 9.10. The molecule has 0 spiro atoms. The Balaban J connectivity index is 2.55. The molecule has 0 aliphatic heterocycles. The number of halogens is 1. The van der Waals surface area contributed by atoms with Gasteiger partial charge in [0.05, 0.1) is 7.11 Å². The van der Waals surface area contributed by atoms with Crippen molar-refractivity contribution in [3.8, 4) is 5.75 Å². The fourth-order valence-electron chi connectivity index (χ4n) is 1.40. The summed E-state index contributed by atoms with van der Waals surface area (Å²) in [6.45, 7) is 0.842. The van der Waals surface area contributed by atoms with Crippen molar-refractivity contribution in [2.45, 2.75) is 12.8 Å². The number of rotatable bonds is 6. The van der Waals surface area contributed by atoms with Crippen molar-refractivity contribution in [1.29, 1.82) is 0 Å². The quantitative estimate of drug-likeness (QED) is 0.793. The molecule has 0 saturated carbocycles. The summed E-state index contributed by atoms with van der Waals surface area (Å²) in [6, 6.07) is 5.48. The molecule has 4 nitrogen and oxygen atoms in total. The zero-order valence-electron chi connectivity index (χ0n) is 10.0. The molecule has 0 aromatic heterocycles. The van der Waals surface area contributed by atoms with Crippen LogP contribution >= 0.6 is 15.9 Å². The average molecular weight is 301 g/mol. The minimum atomic E-state index is 0.0143. The first-order valence-corrected chi connectivity index (χ1v) is 6.24. The fourth-order valence-corrected chi connectivity index (χ4v) is 1.87. The van der Waals surface area contributed by atoms with Gasteiger partial charge in [-0.25, -0.2) is 0 Å². The van der Waals surface area contributed by atoms with Crippen LogP contribution in [0, 0.1) is 0 Å². The number of benzene rings is 1. The number of nitrogens with one attached hydrogen (secondary N) is 2. The molecule has 0 radical (unpaired) electrons. The SMILES string of the molecule is CNCCCC(=O)Nc1cc(Br)cc(OC)c1. The van der Waals surface area contributed by atoms with E-state index in [1.807, 2.05) is 19.2 Å². The lowest BCUT2D eigenvalue weighted by Crippen LogP contribution is -2.15. The van der Waals surface area contributed by atoms with E-state index in [4.69, 9.17) is 4.74 Å². The second kappa shape index (κ2) is 7.29. The van der Waals surface area contributed by atoms with E-state index in [0.717, 1.165) is 23.1 Å². The van der Waals surface area contributed by atoms with Crippen LogP contribution < -0.4 is 15.4 Å². The molecule has 0 aliphatic rings. The topological polar surface area (TPSA) is 50.4 Å². The summed E-state index contributed by atoms with van der Waals surface area (Å²) in [4.78, 5) is 11.6. The molecule has 0 unspecified atom stereocenters. The van der Waals surface area contributed by atoms with Crippen LogP contribution in [0.4, 0.5) is 5.69 Å². The summed E-state index contributed by atoms with van der Waals surface area (Å²) >= 11 is 3.37. The Hall–Kier alpha value is -1.07. The largest absolute Gasteiger partial charge is 0.497 e. The van der Waals surface area contributed by atoms with Crippen molar-refractivity contribution in [1.82, 2.24) is 5.32 Å². The van der Waals surface area contributed by atoms with Crippen molar-refractivity contribution >= 4 is 27.5 Å². The molecule has 0 bridgehead atoms. The van der Waals surface area contributed by atoms with E-state index in [2.05, 4.69) is 26.6 Å². The van der Waals surface area contributed by atoms with Gasteiger partial charge < -0.3 is 15.4 Å². The van der Waals surface area contributed by atoms with Gasteiger partial charge in [-0.2, -0.15) is 0 Å². The fraction of sp³-hybridized carbons (Fsp3) is 0.417. The van der Waals surface area contributed by atoms with Gasteiger partial charge in [0.25, 0.3) is 0 Å². The smallest absolute Gasteiger partial charge is 0.224 e. The van der Waals surface area contributed by atoms with Gasteiger partial charge in [-0.3, -0.25) is 4.79 Å². The molecule has 5 heteroatoms. The van der Waals surface area contributed by atoms with Crippen LogP contribution in [0.1, 0.15) is 12.8 Å². The first-order valence-electron chi connectivity index (χ1n) is 5.44. The van der Waals surface area contributed by atoms with Gasteiger partial charge in [0, 0.05) is 22.6 Å². The predicted octanol–water partition coefficient (Wildman–Crippen LogP) is 2.40. The zero-order valence-corrected chi connectivity index (χ0v) is 11.6. The second-order valence-corrected chi connectivity index (χ2v) is 4.55. The first-order chi connectivity index (χ1) is 8.15. The Labute approximate surface area is 110 Å². The maximum Gasteiger partial charge on any atom is 0.224 e. The van der Waals surface area contributed by atoms with Crippen molar-refractivity contribution in [2.75, 3.05) is 26.0 Å². The number of anilines is 1. The Bertz CT molecular complexity index is 383. The van der Waals surface area contributed by atoms with E-state index >= 15 is 0 Å². The van der Waals surface area contributed by atoms with Crippen LogP contribution in [0.2, 0.25) is 0 Å². The predicted molar refractivity (Wildman–Crippen MR) is 72.5 cm³/mol. The maximum atomic E-state index is 11.6. The molecule has 1 aromatic rings. The average Bonchev–Trinajstić information content (AvgIpc) is 2.28. The number of ether oxygens (including phenoxy) is 1. The number of hydrogen-bond acceptors (Lipinski definition) is 3. The summed E-state index contributed by atoms with van der Waals surface area (Å²) in [5, 5.41) is 5.85. The van der Waals surface area contributed by atoms with Gasteiger partial charge in [0.2, 0.25) is 5.91 Å². The molecular formula is C12H17BrN2O2. The summed E-state index contributed by atoms with van der Waals surface area (Å²) in [7, 11) is 3.47. The number of methoxy groups -OCH3 is 1. The highest BCUT2D eigenvalue weighted by Gasteiger charge is 2.04. The molecule has 0 fully saturated rings. The zero-order chi connectivity index (χ0) is 12.7. The Morgan fingerprint density at radius 1 is 1.41 bits per heavy atom. The minimum Gasteiger partial charge on any atom is -0.497 e. The minimum absolute atomic E-state index is 0.0143. The van der Waals surface area contributed by atoms with Crippen LogP contribution in [-0.2, 0) is 4.79 Å². The molecule has 0 saturated heterocycles. The van der Waals surface area contributed by atoms with E-state index in [1.54, 1.807) is 13.2 Å². The van der Waals surface area contributed by atoms with E-state index in [1.165, 1.54) is 0 Å². The molecule has 1 rings (SSSR count). The highest BCUT2D eigenvalue weighted by Crippen LogP contribution is 2.24. The van der Waals surface area contributed by atoms with Gasteiger partial charge in [-0.05, 0) is 32.1 Å². The Kier molecular flexibility index (Phi) is 6.00. The molecule has 0 atom stereocenters. The lowest BCUT2D eigenvalue weighted by Gasteiger charge is -2.08. The van der Waals surface area contributed by atoms with Crippen LogP contribution in [0.25, 0.3) is 0 Å².